The van der Waals surface area contributed by atoms with E-state index in [9.17, 15) is 0 Å². The summed E-state index contributed by atoms with van der Waals surface area (Å²) in [4.78, 5) is 4.03. The summed E-state index contributed by atoms with van der Waals surface area (Å²) in [6, 6.07) is 2.80. The van der Waals surface area contributed by atoms with Crippen LogP contribution < -0.4 is 5.32 Å². The smallest absolute Gasteiger partial charge is 0.0683 e. The van der Waals surface area contributed by atoms with Gasteiger partial charge < -0.3 is 10.1 Å². The second-order valence-electron chi connectivity index (χ2n) is 5.28. The summed E-state index contributed by atoms with van der Waals surface area (Å²) in [5, 5.41) is 5.74. The Labute approximate surface area is 107 Å². The van der Waals surface area contributed by atoms with E-state index < -0.39 is 0 Å². The number of hydrogen-bond acceptors (Lipinski definition) is 4. The molecule has 94 valence electrons. The summed E-state index contributed by atoms with van der Waals surface area (Å²) in [7, 11) is 2.24. The van der Waals surface area contributed by atoms with Gasteiger partial charge in [0.2, 0.25) is 0 Å². The zero-order valence-corrected chi connectivity index (χ0v) is 11.3. The van der Waals surface area contributed by atoms with Crippen molar-refractivity contribution in [3.8, 4) is 0 Å². The van der Waals surface area contributed by atoms with Crippen LogP contribution in [0.25, 0.3) is 0 Å². The minimum atomic E-state index is 0.237. The van der Waals surface area contributed by atoms with Gasteiger partial charge in [-0.3, -0.25) is 4.90 Å². The Morgan fingerprint density at radius 2 is 2.35 bits per heavy atom. The minimum absolute atomic E-state index is 0.237. The first kappa shape index (κ1) is 11.7. The molecule has 3 heterocycles. The van der Waals surface area contributed by atoms with Gasteiger partial charge in [-0.1, -0.05) is 0 Å². The van der Waals surface area contributed by atoms with Gasteiger partial charge in [0.05, 0.1) is 18.6 Å². The summed E-state index contributed by atoms with van der Waals surface area (Å²) < 4.78 is 5.57. The lowest BCUT2D eigenvalue weighted by Crippen LogP contribution is -2.66. The first-order valence-electron chi connectivity index (χ1n) is 6.27. The third-order valence-corrected chi connectivity index (χ3v) is 5.42. The van der Waals surface area contributed by atoms with E-state index >= 15 is 0 Å². The van der Waals surface area contributed by atoms with Gasteiger partial charge in [0.1, 0.15) is 0 Å². The van der Waals surface area contributed by atoms with Crippen LogP contribution in [0.1, 0.15) is 10.4 Å². The number of ether oxygens (including phenoxy) is 1. The van der Waals surface area contributed by atoms with Gasteiger partial charge in [0.15, 0.2) is 0 Å². The third-order valence-electron chi connectivity index (χ3n) is 4.18. The molecule has 0 radical (unpaired) electrons. The van der Waals surface area contributed by atoms with Crippen LogP contribution in [0.4, 0.5) is 0 Å². The number of hydrogen-bond donors (Lipinski definition) is 1. The van der Waals surface area contributed by atoms with Crippen LogP contribution in [0.15, 0.2) is 11.4 Å². The number of aryl methyl sites for hydroxylation is 1. The quantitative estimate of drug-likeness (QED) is 0.857. The number of piperazine rings is 1. The fraction of sp³-hybridized carbons (Fsp3) is 0.692. The second kappa shape index (κ2) is 4.35. The molecule has 0 aromatic carbocycles. The van der Waals surface area contributed by atoms with Crippen molar-refractivity contribution in [1.29, 1.82) is 0 Å². The Bertz CT molecular complexity index is 400. The van der Waals surface area contributed by atoms with Crippen LogP contribution in [0.3, 0.4) is 0 Å². The van der Waals surface area contributed by atoms with E-state index in [1.807, 2.05) is 11.3 Å². The molecule has 1 N–H and O–H groups in total. The van der Waals surface area contributed by atoms with Crippen molar-refractivity contribution in [2.24, 2.45) is 0 Å². The molecule has 1 atom stereocenters. The molecule has 2 fully saturated rings. The van der Waals surface area contributed by atoms with Crippen molar-refractivity contribution < 1.29 is 4.74 Å². The Morgan fingerprint density at radius 3 is 2.88 bits per heavy atom. The van der Waals surface area contributed by atoms with Crippen molar-refractivity contribution in [2.75, 3.05) is 39.9 Å². The first-order valence-corrected chi connectivity index (χ1v) is 7.15. The van der Waals surface area contributed by atoms with Crippen molar-refractivity contribution in [2.45, 2.75) is 18.4 Å². The molecule has 4 heteroatoms. The van der Waals surface area contributed by atoms with Gasteiger partial charge in [0.25, 0.3) is 0 Å². The molecule has 2 aliphatic heterocycles. The van der Waals surface area contributed by atoms with E-state index in [1.165, 1.54) is 10.4 Å². The van der Waals surface area contributed by atoms with Crippen LogP contribution >= 0.6 is 11.3 Å². The highest BCUT2D eigenvalue weighted by atomic mass is 32.1. The maximum atomic E-state index is 5.57. The maximum Gasteiger partial charge on any atom is 0.0683 e. The van der Waals surface area contributed by atoms with E-state index in [4.69, 9.17) is 4.74 Å². The largest absolute Gasteiger partial charge is 0.379 e. The van der Waals surface area contributed by atoms with Gasteiger partial charge in [0, 0.05) is 30.6 Å². The second-order valence-corrected chi connectivity index (χ2v) is 6.20. The highest BCUT2D eigenvalue weighted by Crippen LogP contribution is 2.42. The van der Waals surface area contributed by atoms with Crippen LogP contribution in [-0.2, 0) is 10.2 Å². The van der Waals surface area contributed by atoms with Gasteiger partial charge in [-0.2, -0.15) is 0 Å². The maximum absolute atomic E-state index is 5.57. The molecule has 2 saturated heterocycles. The molecule has 0 saturated carbocycles. The number of rotatable bonds is 2. The van der Waals surface area contributed by atoms with Crippen molar-refractivity contribution in [3.05, 3.63) is 21.9 Å². The lowest BCUT2D eigenvalue weighted by atomic mass is 9.74. The van der Waals surface area contributed by atoms with Gasteiger partial charge in [-0.05, 0) is 31.0 Å². The average molecular weight is 252 g/mol. The molecule has 0 spiro atoms. The molecule has 3 rings (SSSR count). The molecule has 0 aliphatic carbocycles. The summed E-state index contributed by atoms with van der Waals surface area (Å²) in [6.07, 6.45) is 0. The fourth-order valence-electron chi connectivity index (χ4n) is 3.10. The van der Waals surface area contributed by atoms with Gasteiger partial charge in [-0.25, -0.2) is 0 Å². The van der Waals surface area contributed by atoms with Crippen molar-refractivity contribution in [1.82, 2.24) is 10.2 Å². The first-order chi connectivity index (χ1) is 8.24. The van der Waals surface area contributed by atoms with Crippen LogP contribution in [0, 0.1) is 6.92 Å². The molecular formula is C13H20N2OS. The number of likely N-dealkylation sites (N-methyl/N-ethyl adjacent to an activating group) is 1. The van der Waals surface area contributed by atoms with Gasteiger partial charge in [-0.15, -0.1) is 11.3 Å². The predicted octanol–water partition coefficient (Wildman–Crippen LogP) is 1.23. The highest BCUT2D eigenvalue weighted by Gasteiger charge is 2.50. The Balaban J connectivity index is 1.94. The monoisotopic (exact) mass is 252 g/mol. The zero-order valence-electron chi connectivity index (χ0n) is 10.5. The molecule has 3 nitrogen and oxygen atoms in total. The SMILES string of the molecule is Cc1ccsc1C1(C2CNCCN2C)COC1. The number of nitrogens with one attached hydrogen (secondary N) is 1. The lowest BCUT2D eigenvalue weighted by Gasteiger charge is -2.52. The molecule has 17 heavy (non-hydrogen) atoms. The highest BCUT2D eigenvalue weighted by molar-refractivity contribution is 7.10. The summed E-state index contributed by atoms with van der Waals surface area (Å²) in [5.74, 6) is 0. The van der Waals surface area contributed by atoms with E-state index in [-0.39, 0.29) is 5.41 Å². The Kier molecular flexibility index (Phi) is 2.99. The Morgan fingerprint density at radius 1 is 1.53 bits per heavy atom. The van der Waals surface area contributed by atoms with E-state index in [1.54, 1.807) is 0 Å². The summed E-state index contributed by atoms with van der Waals surface area (Å²) in [5.41, 5.74) is 1.66. The number of nitrogens with zero attached hydrogens (tertiary/aromatic N) is 1. The van der Waals surface area contributed by atoms with Crippen molar-refractivity contribution in [3.63, 3.8) is 0 Å². The van der Waals surface area contributed by atoms with Gasteiger partial charge >= 0.3 is 0 Å². The standard InChI is InChI=1S/C13H20N2OS/c1-10-3-6-17-12(10)13(8-16-9-13)11-7-14-4-5-15(11)2/h3,6,11,14H,4-5,7-9H2,1-2H3. The zero-order chi connectivity index (χ0) is 11.9. The molecular weight excluding hydrogens is 232 g/mol. The van der Waals surface area contributed by atoms with Crippen molar-refractivity contribution >= 4 is 11.3 Å². The molecule has 1 aromatic heterocycles. The fourth-order valence-corrected chi connectivity index (χ4v) is 4.25. The van der Waals surface area contributed by atoms with Crippen LogP contribution in [-0.4, -0.2) is 50.8 Å². The molecule has 1 aromatic rings. The third kappa shape index (κ3) is 1.74. The topological polar surface area (TPSA) is 24.5 Å². The summed E-state index contributed by atoms with van der Waals surface area (Å²) in [6.45, 7) is 7.31. The molecule has 0 amide bonds. The normalized spacial score (nSPS) is 28.9. The molecule has 1 unspecified atom stereocenters. The van der Waals surface area contributed by atoms with E-state index in [0.29, 0.717) is 6.04 Å². The average Bonchev–Trinajstić information content (AvgIpc) is 2.67. The predicted molar refractivity (Wildman–Crippen MR) is 70.8 cm³/mol. The number of thiophene rings is 1. The summed E-state index contributed by atoms with van der Waals surface area (Å²) >= 11 is 1.89. The molecule has 2 aliphatic rings. The lowest BCUT2D eigenvalue weighted by molar-refractivity contribution is -0.101. The molecule has 0 bridgehead atoms. The van der Waals surface area contributed by atoms with Crippen LogP contribution in [0.2, 0.25) is 0 Å². The van der Waals surface area contributed by atoms with E-state index in [0.717, 1.165) is 32.8 Å². The van der Waals surface area contributed by atoms with Crippen LogP contribution in [0.5, 0.6) is 0 Å². The van der Waals surface area contributed by atoms with E-state index in [2.05, 4.69) is 35.6 Å². The Hall–Kier alpha value is -0.420. The minimum Gasteiger partial charge on any atom is -0.379 e.